The monoisotopic (exact) mass is 565 g/mol. The first kappa shape index (κ1) is 29.7. The molecule has 12 heteroatoms. The second-order valence-electron chi connectivity index (χ2n) is 9.94. The highest BCUT2D eigenvalue weighted by Crippen LogP contribution is 2.45. The Bertz CT molecular complexity index is 1290. The van der Waals surface area contributed by atoms with Crippen LogP contribution in [0.2, 0.25) is 0 Å². The van der Waals surface area contributed by atoms with Crippen molar-refractivity contribution in [3.63, 3.8) is 0 Å². The third kappa shape index (κ3) is 6.52. The highest BCUT2D eigenvalue weighted by molar-refractivity contribution is 5.87. The maximum Gasteiger partial charge on any atom is 0.490 e. The van der Waals surface area contributed by atoms with E-state index >= 15 is 0 Å². The van der Waals surface area contributed by atoms with Crippen LogP contribution in [0.3, 0.4) is 0 Å². The summed E-state index contributed by atoms with van der Waals surface area (Å²) in [5.74, 6) is -1.00. The first-order valence-electron chi connectivity index (χ1n) is 13.0. The van der Waals surface area contributed by atoms with Gasteiger partial charge in [-0.1, -0.05) is 18.2 Å². The number of carboxylic acids is 1. The summed E-state index contributed by atoms with van der Waals surface area (Å²) in [7, 11) is 1.70. The number of aromatic nitrogens is 1. The standard InChI is InChI=1S/C26H33N3O4.C2HF3O2/c1-32-21-7-8-24-23(15-21)22-9-11-29(16-19(31)17-30)26(25(22)27-24)10-12-28(18-26)13-14-33-20-5-3-2-4-6-20;3-2(4,5)1(6)7/h2-8,15,19,27,30-31H,9-14,16-18H2,1H3;(H,6,7). The number of fused-ring (bicyclic) bond motifs is 4. The molecule has 40 heavy (non-hydrogen) atoms. The van der Waals surface area contributed by atoms with Crippen LogP contribution in [0.25, 0.3) is 10.9 Å². The van der Waals surface area contributed by atoms with Crippen molar-refractivity contribution < 1.29 is 42.8 Å². The van der Waals surface area contributed by atoms with Gasteiger partial charge in [0, 0.05) is 49.3 Å². The van der Waals surface area contributed by atoms with Crippen LogP contribution in [0.4, 0.5) is 13.2 Å². The van der Waals surface area contributed by atoms with Crippen molar-refractivity contribution >= 4 is 16.9 Å². The third-order valence-corrected chi connectivity index (χ3v) is 7.45. The predicted molar refractivity (Wildman–Crippen MR) is 142 cm³/mol. The molecule has 5 rings (SSSR count). The van der Waals surface area contributed by atoms with Gasteiger partial charge in [-0.15, -0.1) is 0 Å². The molecule has 0 bridgehead atoms. The molecule has 0 aliphatic carbocycles. The summed E-state index contributed by atoms with van der Waals surface area (Å²) in [5.41, 5.74) is 3.49. The van der Waals surface area contributed by atoms with Crippen molar-refractivity contribution in [3.8, 4) is 11.5 Å². The number of ether oxygens (including phenoxy) is 2. The highest BCUT2D eigenvalue weighted by Gasteiger charge is 2.49. The van der Waals surface area contributed by atoms with Crippen LogP contribution < -0.4 is 9.47 Å². The Labute approximate surface area is 229 Å². The minimum Gasteiger partial charge on any atom is -0.497 e. The number of methoxy groups -OCH3 is 1. The molecule has 2 aromatic carbocycles. The molecule has 3 heterocycles. The second kappa shape index (κ2) is 12.5. The fourth-order valence-electron chi connectivity index (χ4n) is 5.54. The molecule has 3 aromatic rings. The molecule has 0 saturated carbocycles. The number of halogens is 3. The number of aromatic amines is 1. The zero-order valence-corrected chi connectivity index (χ0v) is 22.2. The summed E-state index contributed by atoms with van der Waals surface area (Å²) in [6.45, 7) is 4.39. The number of likely N-dealkylation sites (tertiary alicyclic amines) is 1. The van der Waals surface area contributed by atoms with E-state index in [1.165, 1.54) is 16.6 Å². The summed E-state index contributed by atoms with van der Waals surface area (Å²) >= 11 is 0. The quantitative estimate of drug-likeness (QED) is 0.329. The van der Waals surface area contributed by atoms with Gasteiger partial charge >= 0.3 is 12.1 Å². The summed E-state index contributed by atoms with van der Waals surface area (Å²) < 4.78 is 43.2. The van der Waals surface area contributed by atoms with Crippen LogP contribution in [-0.4, -0.2) is 101 Å². The first-order chi connectivity index (χ1) is 19.1. The number of para-hydroxylation sites is 1. The molecule has 0 radical (unpaired) electrons. The van der Waals surface area contributed by atoms with E-state index in [4.69, 9.17) is 19.4 Å². The predicted octanol–water partition coefficient (Wildman–Crippen LogP) is 3.00. The lowest BCUT2D eigenvalue weighted by atomic mass is 9.83. The van der Waals surface area contributed by atoms with E-state index in [1.807, 2.05) is 36.4 Å². The number of benzene rings is 2. The summed E-state index contributed by atoms with van der Waals surface area (Å²) in [6, 6.07) is 16.1. The lowest BCUT2D eigenvalue weighted by Crippen LogP contribution is -2.55. The number of carbonyl (C=O) groups is 1. The molecule has 1 fully saturated rings. The van der Waals surface area contributed by atoms with Gasteiger partial charge < -0.3 is 29.8 Å². The fourth-order valence-corrected chi connectivity index (χ4v) is 5.54. The van der Waals surface area contributed by atoms with Gasteiger partial charge in [0.2, 0.25) is 0 Å². The number of alkyl halides is 3. The number of H-pyrrole nitrogens is 1. The van der Waals surface area contributed by atoms with E-state index in [0.717, 1.165) is 56.0 Å². The number of hydrogen-bond acceptors (Lipinski definition) is 7. The molecule has 1 saturated heterocycles. The highest BCUT2D eigenvalue weighted by atomic mass is 19.4. The molecule has 2 aliphatic heterocycles. The van der Waals surface area contributed by atoms with E-state index in [1.54, 1.807) is 7.11 Å². The Morgan fingerprint density at radius 2 is 1.88 bits per heavy atom. The maximum absolute atomic E-state index is 10.6. The van der Waals surface area contributed by atoms with Gasteiger partial charge in [-0.2, -0.15) is 13.2 Å². The normalized spacial score (nSPS) is 20.1. The Hall–Kier alpha value is -3.32. The van der Waals surface area contributed by atoms with Crippen LogP contribution in [0, 0.1) is 0 Å². The molecule has 2 aliphatic rings. The van der Waals surface area contributed by atoms with Crippen molar-refractivity contribution in [1.82, 2.24) is 14.8 Å². The Balaban J connectivity index is 0.000000470. The van der Waals surface area contributed by atoms with Crippen LogP contribution in [0.5, 0.6) is 11.5 Å². The fraction of sp³-hybridized carbons (Fsp3) is 0.464. The Morgan fingerprint density at radius 1 is 1.15 bits per heavy atom. The zero-order valence-electron chi connectivity index (χ0n) is 22.2. The van der Waals surface area contributed by atoms with Gasteiger partial charge in [0.05, 0.1) is 25.4 Å². The summed E-state index contributed by atoms with van der Waals surface area (Å²) in [5, 5.41) is 28.2. The molecule has 9 nitrogen and oxygen atoms in total. The van der Waals surface area contributed by atoms with Crippen molar-refractivity contribution in [1.29, 1.82) is 0 Å². The van der Waals surface area contributed by atoms with Crippen LogP contribution in [0.15, 0.2) is 48.5 Å². The van der Waals surface area contributed by atoms with E-state index in [2.05, 4.69) is 26.9 Å². The maximum atomic E-state index is 10.6. The molecular weight excluding hydrogens is 531 g/mol. The van der Waals surface area contributed by atoms with Crippen LogP contribution in [0.1, 0.15) is 17.7 Å². The number of hydrogen-bond donors (Lipinski definition) is 4. The van der Waals surface area contributed by atoms with Crippen molar-refractivity contribution in [2.45, 2.75) is 30.7 Å². The molecule has 1 aromatic heterocycles. The summed E-state index contributed by atoms with van der Waals surface area (Å²) in [6.07, 6.45) is -3.96. The minimum atomic E-state index is -5.08. The van der Waals surface area contributed by atoms with Crippen molar-refractivity contribution in [2.24, 2.45) is 0 Å². The van der Waals surface area contributed by atoms with Crippen molar-refractivity contribution in [2.75, 3.05) is 53.0 Å². The van der Waals surface area contributed by atoms with Gasteiger partial charge in [-0.25, -0.2) is 4.79 Å². The SMILES string of the molecule is COc1ccc2[nH]c3c(c2c1)CCN(CC(O)CO)C31CCN(CCOc2ccccc2)C1.O=C(O)C(F)(F)F. The number of nitrogens with one attached hydrogen (secondary N) is 1. The largest absolute Gasteiger partial charge is 0.497 e. The molecule has 2 unspecified atom stereocenters. The minimum absolute atomic E-state index is 0.220. The lowest BCUT2D eigenvalue weighted by molar-refractivity contribution is -0.192. The number of aliphatic hydroxyl groups is 2. The lowest BCUT2D eigenvalue weighted by Gasteiger charge is -2.45. The van der Waals surface area contributed by atoms with Gasteiger partial charge in [-0.3, -0.25) is 9.80 Å². The molecule has 2 atom stereocenters. The average molecular weight is 566 g/mol. The number of nitrogens with zero attached hydrogens (tertiary/aromatic N) is 2. The number of aliphatic carboxylic acids is 1. The number of aliphatic hydroxyl groups excluding tert-OH is 2. The zero-order chi connectivity index (χ0) is 28.9. The topological polar surface area (TPSA) is 118 Å². The summed E-state index contributed by atoms with van der Waals surface area (Å²) in [4.78, 5) is 17.4. The molecular formula is C28H34F3N3O6. The van der Waals surface area contributed by atoms with E-state index in [0.29, 0.717) is 13.2 Å². The van der Waals surface area contributed by atoms with E-state index in [9.17, 15) is 23.4 Å². The number of carboxylic acid groups (broad SMARTS) is 1. The molecule has 4 N–H and O–H groups in total. The van der Waals surface area contributed by atoms with Gasteiger partial charge in [0.15, 0.2) is 0 Å². The smallest absolute Gasteiger partial charge is 0.490 e. The Kier molecular flexibility index (Phi) is 9.24. The molecule has 1 spiro atoms. The van der Waals surface area contributed by atoms with Crippen LogP contribution in [-0.2, 0) is 16.8 Å². The van der Waals surface area contributed by atoms with E-state index in [-0.39, 0.29) is 12.1 Å². The molecule has 0 amide bonds. The van der Waals surface area contributed by atoms with Crippen LogP contribution >= 0.6 is 0 Å². The van der Waals surface area contributed by atoms with Crippen molar-refractivity contribution in [3.05, 3.63) is 59.8 Å². The van der Waals surface area contributed by atoms with Gasteiger partial charge in [0.1, 0.15) is 18.1 Å². The number of β-amino-alcohol motifs (C(OH)–C–C–N with tert-alkyl or cyclic N) is 1. The van der Waals surface area contributed by atoms with Gasteiger partial charge in [-0.05, 0) is 48.7 Å². The van der Waals surface area contributed by atoms with E-state index < -0.39 is 18.2 Å². The number of rotatable bonds is 8. The first-order valence-corrected chi connectivity index (χ1v) is 13.0. The Morgan fingerprint density at radius 3 is 2.52 bits per heavy atom. The third-order valence-electron chi connectivity index (χ3n) is 7.45. The second-order valence-corrected chi connectivity index (χ2v) is 9.94. The van der Waals surface area contributed by atoms with Gasteiger partial charge in [0.25, 0.3) is 0 Å². The average Bonchev–Trinajstić information content (AvgIpc) is 3.53. The molecule has 218 valence electrons.